The molecular weight excluding hydrogens is 460 g/mol. The molecule has 0 radical (unpaired) electrons. The Morgan fingerprint density at radius 3 is 2.71 bits per heavy atom. The summed E-state index contributed by atoms with van der Waals surface area (Å²) in [5.74, 6) is 0.828. The summed E-state index contributed by atoms with van der Waals surface area (Å²) in [6, 6.07) is 13.5. The predicted molar refractivity (Wildman–Crippen MR) is 123 cm³/mol. The van der Waals surface area contributed by atoms with Crippen molar-refractivity contribution in [2.75, 3.05) is 17.7 Å². The molecule has 0 fully saturated rings. The molecule has 0 atom stereocenters. The number of benzene rings is 2. The van der Waals surface area contributed by atoms with Crippen LogP contribution in [-0.2, 0) is 6.54 Å². The van der Waals surface area contributed by atoms with Gasteiger partial charge in [-0.05, 0) is 62.0 Å². The molecular formula is C20H20BrClN4OS. The fourth-order valence-corrected chi connectivity index (χ4v) is 3.77. The van der Waals surface area contributed by atoms with Crippen LogP contribution in [0.3, 0.4) is 0 Å². The lowest BCUT2D eigenvalue weighted by Gasteiger charge is -2.12. The van der Waals surface area contributed by atoms with Gasteiger partial charge in [-0.15, -0.1) is 0 Å². The Balaban J connectivity index is 1.74. The molecule has 0 saturated heterocycles. The minimum atomic E-state index is 0.455. The second-order valence-corrected chi connectivity index (χ2v) is 7.99. The van der Waals surface area contributed by atoms with Gasteiger partial charge in [-0.1, -0.05) is 39.7 Å². The number of hydrogen-bond acceptors (Lipinski definition) is 3. The second-order valence-electron chi connectivity index (χ2n) is 6.26. The molecule has 8 heteroatoms. The highest BCUT2D eigenvalue weighted by Gasteiger charge is 2.14. The van der Waals surface area contributed by atoms with Crippen molar-refractivity contribution < 1.29 is 4.74 Å². The summed E-state index contributed by atoms with van der Waals surface area (Å²) >= 11 is 15.1. The number of nitrogens with zero attached hydrogens (tertiary/aromatic N) is 2. The third-order valence-corrected chi connectivity index (χ3v) is 5.28. The Morgan fingerprint density at radius 1 is 1.21 bits per heavy atom. The van der Waals surface area contributed by atoms with Crippen molar-refractivity contribution in [3.8, 4) is 5.75 Å². The molecule has 3 rings (SSSR count). The van der Waals surface area contributed by atoms with Crippen LogP contribution in [0.5, 0.6) is 5.75 Å². The molecule has 0 saturated carbocycles. The van der Waals surface area contributed by atoms with E-state index >= 15 is 0 Å². The van der Waals surface area contributed by atoms with Gasteiger partial charge in [0.05, 0.1) is 41.4 Å². The van der Waals surface area contributed by atoms with E-state index in [-0.39, 0.29) is 0 Å². The van der Waals surface area contributed by atoms with Gasteiger partial charge in [0.1, 0.15) is 5.75 Å². The highest BCUT2D eigenvalue weighted by Crippen LogP contribution is 2.26. The average Bonchev–Trinajstić information content (AvgIpc) is 2.91. The Morgan fingerprint density at radius 2 is 2.00 bits per heavy atom. The Hall–Kier alpha value is -2.09. The van der Waals surface area contributed by atoms with E-state index in [2.05, 4.69) is 31.7 Å². The fourth-order valence-electron chi connectivity index (χ4n) is 2.83. The van der Waals surface area contributed by atoms with Gasteiger partial charge in [0, 0.05) is 4.47 Å². The van der Waals surface area contributed by atoms with Crippen molar-refractivity contribution in [1.82, 2.24) is 9.78 Å². The van der Waals surface area contributed by atoms with Crippen molar-refractivity contribution in [2.24, 2.45) is 0 Å². The number of methoxy groups -OCH3 is 1. The molecule has 0 unspecified atom stereocenters. The molecule has 1 aromatic heterocycles. The summed E-state index contributed by atoms with van der Waals surface area (Å²) in [7, 11) is 1.66. The lowest BCUT2D eigenvalue weighted by molar-refractivity contribution is 0.414. The summed E-state index contributed by atoms with van der Waals surface area (Å²) in [5, 5.41) is 12.1. The summed E-state index contributed by atoms with van der Waals surface area (Å²) in [6.45, 7) is 4.61. The fraction of sp³-hybridized carbons (Fsp3) is 0.200. The molecule has 28 heavy (non-hydrogen) atoms. The molecule has 1 heterocycles. The number of aromatic nitrogens is 2. The molecule has 0 bridgehead atoms. The lowest BCUT2D eigenvalue weighted by Crippen LogP contribution is -2.20. The van der Waals surface area contributed by atoms with Crippen LogP contribution in [0.2, 0.25) is 5.02 Å². The lowest BCUT2D eigenvalue weighted by atomic mass is 10.2. The van der Waals surface area contributed by atoms with Gasteiger partial charge >= 0.3 is 0 Å². The molecule has 2 N–H and O–H groups in total. The van der Waals surface area contributed by atoms with E-state index < -0.39 is 0 Å². The molecule has 2 aromatic carbocycles. The van der Waals surface area contributed by atoms with E-state index in [9.17, 15) is 0 Å². The SMILES string of the molecule is COc1cccc(Cn2nc(C)c(NC(=S)Nc3ccc(Br)cc3Cl)c2C)c1. The predicted octanol–water partition coefficient (Wildman–Crippen LogP) is 5.78. The standard InChI is InChI=1S/C20H20BrClN4OS/c1-12-19(24-20(28)23-18-8-7-15(21)10-17(18)22)13(2)26(25-12)11-14-5-4-6-16(9-14)27-3/h4-10H,11H2,1-3H3,(H2,23,24,28). The quantitative estimate of drug-likeness (QED) is 0.454. The van der Waals surface area contributed by atoms with E-state index in [1.807, 2.05) is 61.0 Å². The molecule has 5 nitrogen and oxygen atoms in total. The monoisotopic (exact) mass is 478 g/mol. The van der Waals surface area contributed by atoms with E-state index in [4.69, 9.17) is 28.6 Å². The molecule has 0 amide bonds. The van der Waals surface area contributed by atoms with Gasteiger partial charge in [0.15, 0.2) is 5.11 Å². The molecule has 0 aliphatic heterocycles. The first-order valence-corrected chi connectivity index (χ1v) is 10.2. The molecule has 146 valence electrons. The maximum Gasteiger partial charge on any atom is 0.175 e. The third kappa shape index (κ3) is 4.84. The first-order valence-electron chi connectivity index (χ1n) is 8.57. The van der Waals surface area contributed by atoms with Gasteiger partial charge < -0.3 is 15.4 Å². The number of hydrogen-bond donors (Lipinski definition) is 2. The Bertz CT molecular complexity index is 1020. The van der Waals surface area contributed by atoms with Crippen molar-refractivity contribution in [3.05, 3.63) is 68.9 Å². The minimum Gasteiger partial charge on any atom is -0.497 e. The van der Waals surface area contributed by atoms with Crippen molar-refractivity contribution >= 4 is 56.2 Å². The third-order valence-electron chi connectivity index (χ3n) is 4.27. The van der Waals surface area contributed by atoms with E-state index in [0.717, 1.165) is 38.5 Å². The zero-order chi connectivity index (χ0) is 20.3. The largest absolute Gasteiger partial charge is 0.497 e. The van der Waals surface area contributed by atoms with Crippen LogP contribution in [0.15, 0.2) is 46.9 Å². The van der Waals surface area contributed by atoms with Crippen LogP contribution in [0.25, 0.3) is 0 Å². The number of thiocarbonyl (C=S) groups is 1. The number of halogens is 2. The molecule has 0 aliphatic carbocycles. The van der Waals surface area contributed by atoms with Gasteiger partial charge in [0.2, 0.25) is 0 Å². The highest BCUT2D eigenvalue weighted by molar-refractivity contribution is 9.10. The van der Waals surface area contributed by atoms with Crippen LogP contribution in [0.1, 0.15) is 17.0 Å². The number of ether oxygens (including phenoxy) is 1. The molecule has 0 aliphatic rings. The number of rotatable bonds is 5. The van der Waals surface area contributed by atoms with Gasteiger partial charge in [0.25, 0.3) is 0 Å². The zero-order valence-electron chi connectivity index (χ0n) is 15.7. The normalized spacial score (nSPS) is 10.6. The van der Waals surface area contributed by atoms with Crippen LogP contribution in [-0.4, -0.2) is 22.0 Å². The minimum absolute atomic E-state index is 0.455. The zero-order valence-corrected chi connectivity index (χ0v) is 18.9. The van der Waals surface area contributed by atoms with Gasteiger partial charge in [-0.25, -0.2) is 0 Å². The maximum atomic E-state index is 6.25. The van der Waals surface area contributed by atoms with Crippen molar-refractivity contribution in [1.29, 1.82) is 0 Å². The van der Waals surface area contributed by atoms with Crippen LogP contribution < -0.4 is 15.4 Å². The number of aryl methyl sites for hydroxylation is 1. The molecule has 0 spiro atoms. The Kier molecular flexibility index (Phi) is 6.59. The Labute approximate surface area is 183 Å². The first-order chi connectivity index (χ1) is 13.4. The highest BCUT2D eigenvalue weighted by atomic mass is 79.9. The van der Waals surface area contributed by atoms with Gasteiger partial charge in [-0.3, -0.25) is 4.68 Å². The first kappa shape index (κ1) is 20.6. The average molecular weight is 480 g/mol. The summed E-state index contributed by atoms with van der Waals surface area (Å²) < 4.78 is 8.15. The van der Waals surface area contributed by atoms with E-state index in [0.29, 0.717) is 16.7 Å². The van der Waals surface area contributed by atoms with Crippen molar-refractivity contribution in [3.63, 3.8) is 0 Å². The summed E-state index contributed by atoms with van der Waals surface area (Å²) in [5.41, 5.74) is 4.59. The van der Waals surface area contributed by atoms with Crippen LogP contribution >= 0.6 is 39.7 Å². The van der Waals surface area contributed by atoms with E-state index in [1.165, 1.54) is 0 Å². The van der Waals surface area contributed by atoms with Gasteiger partial charge in [-0.2, -0.15) is 5.10 Å². The second kappa shape index (κ2) is 8.94. The topological polar surface area (TPSA) is 51.1 Å². The van der Waals surface area contributed by atoms with Crippen molar-refractivity contribution in [2.45, 2.75) is 20.4 Å². The summed E-state index contributed by atoms with van der Waals surface area (Å²) in [4.78, 5) is 0. The van der Waals surface area contributed by atoms with Crippen LogP contribution in [0.4, 0.5) is 11.4 Å². The summed E-state index contributed by atoms with van der Waals surface area (Å²) in [6.07, 6.45) is 0. The number of nitrogens with one attached hydrogen (secondary N) is 2. The maximum absolute atomic E-state index is 6.25. The van der Waals surface area contributed by atoms with Crippen LogP contribution in [0, 0.1) is 13.8 Å². The smallest absolute Gasteiger partial charge is 0.175 e. The van der Waals surface area contributed by atoms with E-state index in [1.54, 1.807) is 7.11 Å². The number of anilines is 2. The molecule has 3 aromatic rings.